The molecule has 1 saturated carbocycles. The Hall–Kier alpha value is -1.66. The van der Waals surface area contributed by atoms with Crippen molar-refractivity contribution >= 4 is 11.7 Å². The molecule has 3 rings (SSSR count). The molecule has 0 unspecified atom stereocenters. The van der Waals surface area contributed by atoms with Crippen LogP contribution < -0.4 is 10.6 Å². The molecule has 0 radical (unpaired) electrons. The van der Waals surface area contributed by atoms with Crippen molar-refractivity contribution in [3.63, 3.8) is 0 Å². The quantitative estimate of drug-likeness (QED) is 0.889. The van der Waals surface area contributed by atoms with Gasteiger partial charge in [0.15, 0.2) is 0 Å². The third-order valence-electron chi connectivity index (χ3n) is 5.15. The summed E-state index contributed by atoms with van der Waals surface area (Å²) in [6, 6.07) is 5.57. The van der Waals surface area contributed by atoms with Gasteiger partial charge in [0.1, 0.15) is 5.82 Å². The van der Waals surface area contributed by atoms with Crippen LogP contribution in [-0.4, -0.2) is 49.3 Å². The summed E-state index contributed by atoms with van der Waals surface area (Å²) in [5.74, 6) is -0.311. The van der Waals surface area contributed by atoms with Crippen molar-refractivity contribution in [2.45, 2.75) is 37.6 Å². The summed E-state index contributed by atoms with van der Waals surface area (Å²) in [6.45, 7) is 4.04. The number of hydrogen-bond donors (Lipinski definition) is 2. The van der Waals surface area contributed by atoms with Crippen LogP contribution in [0.4, 0.5) is 14.9 Å². The molecule has 2 fully saturated rings. The highest BCUT2D eigenvalue weighted by atomic mass is 19.1. The fourth-order valence-corrected chi connectivity index (χ4v) is 3.81. The highest BCUT2D eigenvalue weighted by Crippen LogP contribution is 2.33. The molecule has 1 aliphatic heterocycles. The number of nitrogens with one attached hydrogen (secondary N) is 2. The third kappa shape index (κ3) is 4.24. The van der Waals surface area contributed by atoms with Crippen LogP contribution >= 0.6 is 0 Å². The van der Waals surface area contributed by atoms with Crippen LogP contribution in [0.15, 0.2) is 24.3 Å². The number of amides is 2. The molecule has 2 aliphatic rings. The van der Waals surface area contributed by atoms with Crippen molar-refractivity contribution in [3.8, 4) is 0 Å². The average Bonchev–Trinajstić information content (AvgIpc) is 2.63. The molecule has 1 aliphatic carbocycles. The summed E-state index contributed by atoms with van der Waals surface area (Å²) in [5, 5.41) is 5.80. The van der Waals surface area contributed by atoms with Crippen LogP contribution in [0.25, 0.3) is 0 Å². The molecule has 2 amide bonds. The zero-order valence-corrected chi connectivity index (χ0v) is 14.0. The summed E-state index contributed by atoms with van der Waals surface area (Å²) in [7, 11) is 0. The van der Waals surface area contributed by atoms with Gasteiger partial charge < -0.3 is 15.4 Å². The summed E-state index contributed by atoms with van der Waals surface area (Å²) in [5.41, 5.74) is 0.639. The van der Waals surface area contributed by atoms with E-state index in [1.807, 2.05) is 0 Å². The largest absolute Gasteiger partial charge is 0.379 e. The van der Waals surface area contributed by atoms with Crippen LogP contribution in [0, 0.1) is 5.82 Å². The minimum atomic E-state index is -0.311. The Kier molecular flexibility index (Phi) is 5.68. The van der Waals surface area contributed by atoms with Gasteiger partial charge in [0.25, 0.3) is 0 Å². The number of rotatable bonds is 4. The van der Waals surface area contributed by atoms with Crippen molar-refractivity contribution in [2.24, 2.45) is 0 Å². The first-order chi connectivity index (χ1) is 11.7. The molecule has 24 heavy (non-hydrogen) atoms. The maximum Gasteiger partial charge on any atom is 0.319 e. The minimum Gasteiger partial charge on any atom is -0.379 e. The first kappa shape index (κ1) is 17.2. The zero-order chi connectivity index (χ0) is 16.8. The Morgan fingerprint density at radius 2 is 1.79 bits per heavy atom. The van der Waals surface area contributed by atoms with Crippen molar-refractivity contribution in [1.29, 1.82) is 0 Å². The van der Waals surface area contributed by atoms with Crippen LogP contribution in [0.1, 0.15) is 32.1 Å². The topological polar surface area (TPSA) is 53.6 Å². The summed E-state index contributed by atoms with van der Waals surface area (Å²) >= 11 is 0. The van der Waals surface area contributed by atoms with Gasteiger partial charge in [-0.05, 0) is 37.1 Å². The van der Waals surface area contributed by atoms with Gasteiger partial charge >= 0.3 is 6.03 Å². The van der Waals surface area contributed by atoms with Crippen molar-refractivity contribution in [1.82, 2.24) is 10.2 Å². The molecule has 0 spiro atoms. The molecular weight excluding hydrogens is 309 g/mol. The van der Waals surface area contributed by atoms with E-state index in [1.54, 1.807) is 12.1 Å². The molecular formula is C18H26FN3O2. The number of carbonyl (C=O) groups excluding carboxylic acids is 1. The van der Waals surface area contributed by atoms with Gasteiger partial charge in [-0.15, -0.1) is 0 Å². The van der Waals surface area contributed by atoms with E-state index in [-0.39, 0.29) is 17.4 Å². The van der Waals surface area contributed by atoms with Gasteiger partial charge in [0.05, 0.1) is 13.2 Å². The van der Waals surface area contributed by atoms with E-state index < -0.39 is 0 Å². The lowest BCUT2D eigenvalue weighted by molar-refractivity contribution is -0.0356. The van der Waals surface area contributed by atoms with Crippen LogP contribution in [0.5, 0.6) is 0 Å². The summed E-state index contributed by atoms with van der Waals surface area (Å²) in [6.07, 6.45) is 5.92. The Bertz CT molecular complexity index is 538. The van der Waals surface area contributed by atoms with Crippen molar-refractivity contribution in [3.05, 3.63) is 30.1 Å². The lowest BCUT2D eigenvalue weighted by Crippen LogP contribution is -2.60. The SMILES string of the molecule is O=C(NCC1(N2CCOCC2)CCCCC1)Nc1ccc(F)cc1. The predicted octanol–water partition coefficient (Wildman–Crippen LogP) is 2.98. The second-order valence-electron chi connectivity index (χ2n) is 6.70. The number of anilines is 1. The normalized spacial score (nSPS) is 21.2. The van der Waals surface area contributed by atoms with Crippen molar-refractivity contribution < 1.29 is 13.9 Å². The van der Waals surface area contributed by atoms with Crippen LogP contribution in [0.3, 0.4) is 0 Å². The first-order valence-corrected chi connectivity index (χ1v) is 8.81. The lowest BCUT2D eigenvalue weighted by Gasteiger charge is -2.48. The minimum absolute atomic E-state index is 0.0438. The number of halogens is 1. The van der Waals surface area contributed by atoms with Crippen LogP contribution in [-0.2, 0) is 4.74 Å². The monoisotopic (exact) mass is 335 g/mol. The number of morpholine rings is 1. The Morgan fingerprint density at radius 3 is 2.46 bits per heavy atom. The number of urea groups is 1. The maximum atomic E-state index is 12.9. The molecule has 1 heterocycles. The number of carbonyl (C=O) groups is 1. The van der Waals surface area contributed by atoms with E-state index in [9.17, 15) is 9.18 Å². The molecule has 0 aromatic heterocycles. The van der Waals surface area contributed by atoms with Crippen molar-refractivity contribution in [2.75, 3.05) is 38.2 Å². The van der Waals surface area contributed by atoms with E-state index in [1.165, 1.54) is 31.4 Å². The molecule has 5 nitrogen and oxygen atoms in total. The molecule has 0 bridgehead atoms. The lowest BCUT2D eigenvalue weighted by atomic mass is 9.80. The van der Waals surface area contributed by atoms with Crippen LogP contribution in [0.2, 0.25) is 0 Å². The van der Waals surface area contributed by atoms with Gasteiger partial charge in [0.2, 0.25) is 0 Å². The van der Waals surface area contributed by atoms with Gasteiger partial charge in [-0.25, -0.2) is 9.18 Å². The Balaban J connectivity index is 1.58. The van der Waals surface area contributed by atoms with Gasteiger partial charge in [-0.1, -0.05) is 19.3 Å². The third-order valence-corrected chi connectivity index (χ3v) is 5.15. The average molecular weight is 335 g/mol. The molecule has 1 aromatic rings. The predicted molar refractivity (Wildman–Crippen MR) is 91.6 cm³/mol. The molecule has 2 N–H and O–H groups in total. The van der Waals surface area contributed by atoms with Gasteiger partial charge in [0, 0.05) is 30.9 Å². The highest BCUT2D eigenvalue weighted by Gasteiger charge is 2.38. The van der Waals surface area contributed by atoms with E-state index in [2.05, 4.69) is 15.5 Å². The number of hydrogen-bond acceptors (Lipinski definition) is 3. The number of nitrogens with zero attached hydrogens (tertiary/aromatic N) is 1. The first-order valence-electron chi connectivity index (χ1n) is 8.81. The van der Waals surface area contributed by atoms with Gasteiger partial charge in [-0.3, -0.25) is 4.90 Å². The molecule has 1 saturated heterocycles. The fourth-order valence-electron chi connectivity index (χ4n) is 3.81. The van der Waals surface area contributed by atoms with E-state index in [4.69, 9.17) is 4.74 Å². The molecule has 1 aromatic carbocycles. The molecule has 132 valence electrons. The number of ether oxygens (including phenoxy) is 1. The molecule has 0 atom stereocenters. The molecule has 6 heteroatoms. The zero-order valence-electron chi connectivity index (χ0n) is 14.0. The smallest absolute Gasteiger partial charge is 0.319 e. The summed E-state index contributed by atoms with van der Waals surface area (Å²) in [4.78, 5) is 14.7. The van der Waals surface area contributed by atoms with E-state index in [0.29, 0.717) is 12.2 Å². The van der Waals surface area contributed by atoms with Gasteiger partial charge in [-0.2, -0.15) is 0 Å². The number of benzene rings is 1. The second-order valence-corrected chi connectivity index (χ2v) is 6.70. The fraction of sp³-hybridized carbons (Fsp3) is 0.611. The maximum absolute atomic E-state index is 12.9. The second kappa shape index (κ2) is 7.94. The van der Waals surface area contributed by atoms with E-state index >= 15 is 0 Å². The summed E-state index contributed by atoms with van der Waals surface area (Å²) < 4.78 is 18.4. The Morgan fingerprint density at radius 1 is 1.12 bits per heavy atom. The van der Waals surface area contributed by atoms with E-state index in [0.717, 1.165) is 39.1 Å². The highest BCUT2D eigenvalue weighted by molar-refractivity contribution is 5.89. The Labute approximate surface area is 142 Å². The standard InChI is InChI=1S/C18H26FN3O2/c19-15-4-6-16(7-5-15)21-17(23)20-14-18(8-2-1-3-9-18)22-10-12-24-13-11-22/h4-7H,1-3,8-14H2,(H2,20,21,23).